The summed E-state index contributed by atoms with van der Waals surface area (Å²) in [6.07, 6.45) is 1.62. The molecular weight excluding hydrogens is 1090 g/mol. The van der Waals surface area contributed by atoms with E-state index in [0.717, 1.165) is 16.7 Å². The second-order valence-corrected chi connectivity index (χ2v) is 24.6. The van der Waals surface area contributed by atoms with Crippen molar-refractivity contribution in [2.45, 2.75) is 157 Å². The average molecular weight is 1180 g/mol. The van der Waals surface area contributed by atoms with Gasteiger partial charge in [-0.25, -0.2) is 9.59 Å². The van der Waals surface area contributed by atoms with Crippen LogP contribution in [-0.2, 0) is 74.5 Å². The number of ketones is 2. The lowest BCUT2D eigenvalue weighted by Crippen LogP contribution is -2.61. The second kappa shape index (κ2) is 31.1. The Morgan fingerprint density at radius 3 is 2.02 bits per heavy atom. The summed E-state index contributed by atoms with van der Waals surface area (Å²) in [4.78, 5) is 124. The monoisotopic (exact) mass is 1180 g/mol. The molecule has 86 heavy (non-hydrogen) atoms. The first kappa shape index (κ1) is 68.4. The van der Waals surface area contributed by atoms with Gasteiger partial charge in [0.1, 0.15) is 18.4 Å². The Kier molecular flexibility index (Phi) is 24.7. The number of anilines is 1. The Morgan fingerprint density at radius 2 is 1.40 bits per heavy atom. The minimum Gasteiger partial charge on any atom is -0.478 e. The molecule has 6 amide bonds. The molecule has 18 nitrogen and oxygen atoms in total. The number of aliphatic carboxylic acids is 1. The van der Waals surface area contributed by atoms with E-state index in [-0.39, 0.29) is 99.0 Å². The number of Topliss-reactive ketones (excluding diaryl/α,β-unsaturated/α-hetero) is 2. The summed E-state index contributed by atoms with van der Waals surface area (Å²) >= 11 is 0. The van der Waals surface area contributed by atoms with Crippen LogP contribution in [-0.4, -0.2) is 108 Å². The van der Waals surface area contributed by atoms with Crippen LogP contribution in [0.3, 0.4) is 0 Å². The highest BCUT2D eigenvalue weighted by atomic mass is 16.5. The lowest BCUT2D eigenvalue weighted by atomic mass is 9.76. The van der Waals surface area contributed by atoms with Gasteiger partial charge in [-0.1, -0.05) is 159 Å². The van der Waals surface area contributed by atoms with Crippen LogP contribution in [0.2, 0.25) is 0 Å². The fourth-order valence-corrected chi connectivity index (χ4v) is 10.5. The van der Waals surface area contributed by atoms with Crippen molar-refractivity contribution in [1.29, 1.82) is 0 Å². The normalized spacial score (nSPS) is 14.1. The van der Waals surface area contributed by atoms with Gasteiger partial charge in [0.25, 0.3) is 0 Å². The number of amides is 6. The number of carboxylic acids is 1. The van der Waals surface area contributed by atoms with Crippen LogP contribution >= 0.6 is 0 Å². The van der Waals surface area contributed by atoms with Crippen LogP contribution < -0.4 is 31.9 Å². The summed E-state index contributed by atoms with van der Waals surface area (Å²) < 4.78 is 5.69. The lowest BCUT2D eigenvalue weighted by molar-refractivity contribution is -0.144. The number of para-hydroxylation sites is 1. The number of ether oxygens (including phenoxy) is 1. The Labute approximate surface area is 506 Å². The van der Waals surface area contributed by atoms with Crippen LogP contribution in [0.5, 0.6) is 0 Å². The number of nitrogens with two attached hydrogens (primary N) is 1. The molecule has 0 saturated carbocycles. The van der Waals surface area contributed by atoms with Crippen LogP contribution in [0.4, 0.5) is 10.5 Å². The van der Waals surface area contributed by atoms with E-state index in [0.29, 0.717) is 34.4 Å². The molecule has 0 aliphatic carbocycles. The van der Waals surface area contributed by atoms with Crippen LogP contribution in [0.15, 0.2) is 109 Å². The van der Waals surface area contributed by atoms with Gasteiger partial charge in [0.15, 0.2) is 5.78 Å². The summed E-state index contributed by atoms with van der Waals surface area (Å²) in [7, 11) is 3.27. The summed E-state index contributed by atoms with van der Waals surface area (Å²) in [6, 6.07) is 25.3. The number of nitrogens with zero attached hydrogens (tertiary/aromatic N) is 2. The fourth-order valence-electron chi connectivity index (χ4n) is 10.5. The van der Waals surface area contributed by atoms with Gasteiger partial charge in [-0.15, -0.1) is 0 Å². The molecule has 1 aliphatic rings. The van der Waals surface area contributed by atoms with Crippen molar-refractivity contribution in [3.8, 4) is 11.8 Å². The molecule has 5 atom stereocenters. The zero-order chi connectivity index (χ0) is 63.6. The predicted molar refractivity (Wildman–Crippen MR) is 331 cm³/mol. The van der Waals surface area contributed by atoms with Gasteiger partial charge < -0.3 is 46.6 Å². The maximum atomic E-state index is 14.3. The highest BCUT2D eigenvalue weighted by molar-refractivity contribution is 5.98. The molecule has 460 valence electrons. The summed E-state index contributed by atoms with van der Waals surface area (Å²) in [5.41, 5.74) is 9.58. The minimum absolute atomic E-state index is 0.0542. The third-order valence-corrected chi connectivity index (χ3v) is 15.8. The number of hydrogen-bond donors (Lipinski definition) is 6. The molecule has 0 bridgehead atoms. The van der Waals surface area contributed by atoms with Gasteiger partial charge in [-0.05, 0) is 90.1 Å². The molecule has 5 rings (SSSR count). The number of rotatable bonds is 29. The first-order valence-electron chi connectivity index (χ1n) is 29.4. The largest absolute Gasteiger partial charge is 0.478 e. The number of benzene rings is 4. The molecule has 1 heterocycles. The Morgan fingerprint density at radius 1 is 0.756 bits per heavy atom. The van der Waals surface area contributed by atoms with Gasteiger partial charge in [0, 0.05) is 67.3 Å². The molecule has 1 aliphatic heterocycles. The van der Waals surface area contributed by atoms with Gasteiger partial charge in [0.05, 0.1) is 36.8 Å². The van der Waals surface area contributed by atoms with E-state index in [2.05, 4.69) is 33.1 Å². The first-order chi connectivity index (χ1) is 40.5. The molecule has 0 fully saturated rings. The van der Waals surface area contributed by atoms with E-state index < -0.39 is 70.7 Å². The Hall–Kier alpha value is -8.43. The van der Waals surface area contributed by atoms with Gasteiger partial charge in [-0.2, -0.15) is 0 Å². The SMILES string of the molecule is CN[C@H](C(=O)N[C@H](C(=O)N(C)[C@H](/C=C(\C)C(=O)O)C(C)C)C(C)(C)C)C(C)(C)c1cccc(CC(=O)OCc2ccc(CC(=O)[C@H](CCCNC(N)=O)NC(=O)[C@@H](CC(=O)CCC(=O)N3Cc4ccccc4C#Cc4ccccc43)C(C)C)cc2)c1. The maximum absolute atomic E-state index is 14.3. The molecule has 0 radical (unpaired) electrons. The zero-order valence-corrected chi connectivity index (χ0v) is 51.9. The number of primary amides is 1. The molecule has 0 aromatic heterocycles. The number of nitrogens with one attached hydrogen (secondary N) is 4. The summed E-state index contributed by atoms with van der Waals surface area (Å²) in [6.45, 7) is 18.7. The molecule has 4 aromatic rings. The number of carbonyl (C=O) groups is 9. The second-order valence-electron chi connectivity index (χ2n) is 24.6. The minimum atomic E-state index is -1.08. The number of carboxylic acid groups (broad SMARTS) is 1. The number of fused-ring (bicyclic) bond motifs is 2. The van der Waals surface area contributed by atoms with Crippen molar-refractivity contribution >= 4 is 58.9 Å². The Bertz CT molecular complexity index is 3200. The van der Waals surface area contributed by atoms with Crippen molar-refractivity contribution in [2.24, 2.45) is 28.9 Å². The quantitative estimate of drug-likeness (QED) is 0.0131. The first-order valence-corrected chi connectivity index (χ1v) is 29.4. The highest BCUT2D eigenvalue weighted by Gasteiger charge is 2.42. The topological polar surface area (TPSA) is 264 Å². The highest BCUT2D eigenvalue weighted by Crippen LogP contribution is 2.31. The number of esters is 1. The van der Waals surface area contributed by atoms with Crippen LogP contribution in [0.1, 0.15) is 140 Å². The number of urea groups is 1. The maximum Gasteiger partial charge on any atom is 0.331 e. The van der Waals surface area contributed by atoms with Crippen molar-refractivity contribution in [1.82, 2.24) is 26.2 Å². The van der Waals surface area contributed by atoms with E-state index in [9.17, 15) is 48.3 Å². The third-order valence-electron chi connectivity index (χ3n) is 15.8. The average Bonchev–Trinajstić information content (AvgIpc) is 3.59. The number of carbonyl (C=O) groups excluding carboxylic acids is 8. The molecule has 0 spiro atoms. The third kappa shape index (κ3) is 19.3. The molecular formula is C68H87N7O11. The van der Waals surface area contributed by atoms with Crippen LogP contribution in [0.25, 0.3) is 0 Å². The van der Waals surface area contributed by atoms with Gasteiger partial charge in [-0.3, -0.25) is 33.6 Å². The van der Waals surface area contributed by atoms with Crippen LogP contribution in [0, 0.1) is 35.0 Å². The smallest absolute Gasteiger partial charge is 0.331 e. The van der Waals surface area contributed by atoms with E-state index in [1.54, 1.807) is 61.5 Å². The van der Waals surface area contributed by atoms with Crippen molar-refractivity contribution in [3.05, 3.63) is 148 Å². The number of hydrogen-bond acceptors (Lipinski definition) is 11. The summed E-state index contributed by atoms with van der Waals surface area (Å²) in [5.74, 6) is 1.53. The summed E-state index contributed by atoms with van der Waals surface area (Å²) in [5, 5.41) is 21.1. The Balaban J connectivity index is 1.18. The number of likely N-dealkylation sites (N-methyl/N-ethyl adjacent to an activating group) is 2. The molecule has 4 aromatic carbocycles. The van der Waals surface area contributed by atoms with Gasteiger partial charge >= 0.3 is 18.0 Å². The fraction of sp³-hybridized carbons (Fsp3) is 0.456. The van der Waals surface area contributed by atoms with E-state index >= 15 is 0 Å². The predicted octanol–water partition coefficient (Wildman–Crippen LogP) is 7.89. The van der Waals surface area contributed by atoms with E-state index in [1.807, 2.05) is 123 Å². The molecule has 7 N–H and O–H groups in total. The van der Waals surface area contributed by atoms with E-state index in [1.165, 1.54) is 11.8 Å². The molecule has 18 heteroatoms. The molecule has 0 saturated heterocycles. The lowest BCUT2D eigenvalue weighted by Gasteiger charge is -2.40. The standard InChI is InChI=1S/C68H87N7O11/c1-42(2)53(39-52(76)32-33-58(78)75-40-50-22-14-13-20-48(50)30-31-49-21-15-16-25-55(49)75)62(80)72-54(24-18-34-71-66(69)85)57(77)37-45-26-28-46(29-27-45)41-86-59(79)38-47-19-17-23-51(36-47)68(9,10)60(70-11)63(81)73-61(67(6,7)8)64(82)74(12)56(43(3)4)35-44(5)65(83)84/h13-17,19-23,25-29,35-36,42-43,53-54,56,60-61,70H,18,24,32-34,37-41H2,1-12H3,(H,72,80)(H,73,81)(H,83,84)(H3,69,71,85)/b44-35+/t53-,54-,56+,60+,61+/m0/s1. The molecule has 0 unspecified atom stereocenters. The zero-order valence-electron chi connectivity index (χ0n) is 51.9. The van der Waals surface area contributed by atoms with Gasteiger partial charge in [0.2, 0.25) is 23.6 Å². The van der Waals surface area contributed by atoms with Crippen molar-refractivity contribution in [2.75, 3.05) is 25.5 Å². The van der Waals surface area contributed by atoms with E-state index in [4.69, 9.17) is 10.5 Å². The van der Waals surface area contributed by atoms with Crippen molar-refractivity contribution < 1.29 is 53.0 Å². The van der Waals surface area contributed by atoms with Crippen molar-refractivity contribution in [3.63, 3.8) is 0 Å².